The first-order valence-corrected chi connectivity index (χ1v) is 20.4. The molecule has 3 aromatic rings. The number of likely N-dealkylation sites (tertiary alicyclic amines) is 2. The Morgan fingerprint density at radius 2 is 1.36 bits per heavy atom. The lowest BCUT2D eigenvalue weighted by molar-refractivity contribution is -0.136. The predicted octanol–water partition coefficient (Wildman–Crippen LogP) is 6.76. The van der Waals surface area contributed by atoms with Crippen LogP contribution in [0.3, 0.4) is 0 Å². The Kier molecular flexibility index (Phi) is 12.4. The zero-order valence-corrected chi connectivity index (χ0v) is 33.4. The summed E-state index contributed by atoms with van der Waals surface area (Å²) in [5, 5.41) is 6.39. The van der Waals surface area contributed by atoms with Gasteiger partial charge in [0.15, 0.2) is 0 Å². The number of H-pyrrole nitrogens is 1. The van der Waals surface area contributed by atoms with Gasteiger partial charge in [-0.15, -0.1) is 0 Å². The Labute approximate surface area is 330 Å². The van der Waals surface area contributed by atoms with Crippen molar-refractivity contribution in [2.45, 2.75) is 103 Å². The van der Waals surface area contributed by atoms with Gasteiger partial charge in [0.1, 0.15) is 11.9 Å². The van der Waals surface area contributed by atoms with E-state index in [2.05, 4.69) is 82.9 Å². The number of aromatic amines is 1. The van der Waals surface area contributed by atoms with Crippen molar-refractivity contribution in [3.63, 3.8) is 0 Å². The van der Waals surface area contributed by atoms with Crippen LogP contribution in [0.15, 0.2) is 65.9 Å². The van der Waals surface area contributed by atoms with Crippen molar-refractivity contribution in [1.29, 1.82) is 0 Å². The smallest absolute Gasteiger partial charge is 0.407 e. The molecule has 12 heteroatoms. The van der Waals surface area contributed by atoms with Gasteiger partial charge in [-0.1, -0.05) is 76.2 Å². The second-order valence-corrected chi connectivity index (χ2v) is 16.3. The summed E-state index contributed by atoms with van der Waals surface area (Å²) in [6.45, 7) is 11.0. The van der Waals surface area contributed by atoms with Crippen molar-refractivity contribution < 1.29 is 23.9 Å². The van der Waals surface area contributed by atoms with E-state index in [-0.39, 0.29) is 41.8 Å². The van der Waals surface area contributed by atoms with Crippen molar-refractivity contribution in [2.24, 2.45) is 16.8 Å². The summed E-state index contributed by atoms with van der Waals surface area (Å²) >= 11 is 0. The fourth-order valence-electron chi connectivity index (χ4n) is 8.61. The van der Waals surface area contributed by atoms with Crippen LogP contribution in [0.25, 0.3) is 28.0 Å². The number of carbonyl (C=O) groups excluding carboxylic acids is 3. The lowest BCUT2D eigenvalue weighted by atomic mass is 9.95. The highest BCUT2D eigenvalue weighted by Gasteiger charge is 2.39. The Morgan fingerprint density at radius 1 is 0.786 bits per heavy atom. The number of carbonyl (C=O) groups is 3. The van der Waals surface area contributed by atoms with Gasteiger partial charge in [-0.3, -0.25) is 14.6 Å². The lowest BCUT2D eigenvalue weighted by Gasteiger charge is -2.34. The third-order valence-electron chi connectivity index (χ3n) is 11.9. The van der Waals surface area contributed by atoms with E-state index >= 15 is 0 Å². The van der Waals surface area contributed by atoms with E-state index in [4.69, 9.17) is 19.5 Å². The number of hydrogen-bond acceptors (Lipinski definition) is 8. The molecule has 298 valence electrons. The number of aromatic nitrogens is 2. The number of aliphatic imine (C=N–C) groups is 1. The number of allylic oxidation sites excluding steroid dienone is 1. The summed E-state index contributed by atoms with van der Waals surface area (Å²) < 4.78 is 10.3. The molecular weight excluding hydrogens is 707 g/mol. The molecule has 0 bridgehead atoms. The largest absolute Gasteiger partial charge is 0.453 e. The average Bonchev–Trinajstić information content (AvgIpc) is 4.06. The number of rotatable bonds is 12. The minimum atomic E-state index is -0.673. The summed E-state index contributed by atoms with van der Waals surface area (Å²) in [6.07, 6.45) is 9.46. The van der Waals surface area contributed by atoms with E-state index in [1.54, 1.807) is 0 Å². The molecule has 12 nitrogen and oxygen atoms in total. The Hall–Kier alpha value is -4.81. The molecule has 1 aromatic heterocycles. The maximum atomic E-state index is 13.9. The average molecular weight is 764 g/mol. The molecular formula is C44H57N7O5. The maximum Gasteiger partial charge on any atom is 0.407 e. The highest BCUT2D eigenvalue weighted by Crippen LogP contribution is 2.35. The van der Waals surface area contributed by atoms with E-state index < -0.39 is 12.1 Å². The topological polar surface area (TPSA) is 141 Å². The van der Waals surface area contributed by atoms with Crippen molar-refractivity contribution in [3.05, 3.63) is 72.3 Å². The summed E-state index contributed by atoms with van der Waals surface area (Å²) in [7, 11) is 1.30. The van der Waals surface area contributed by atoms with Crippen LogP contribution >= 0.6 is 0 Å². The molecule has 7 rings (SSSR count). The quantitative estimate of drug-likeness (QED) is 0.185. The molecule has 3 N–H and O–H groups in total. The van der Waals surface area contributed by atoms with Gasteiger partial charge < -0.3 is 34.9 Å². The van der Waals surface area contributed by atoms with Crippen molar-refractivity contribution in [1.82, 2.24) is 30.4 Å². The number of ether oxygens (including phenoxy) is 2. The molecule has 0 aliphatic carbocycles. The van der Waals surface area contributed by atoms with Crippen molar-refractivity contribution >= 4 is 29.2 Å². The number of hydrogen-bond donors (Lipinski definition) is 3. The molecule has 56 heavy (non-hydrogen) atoms. The van der Waals surface area contributed by atoms with Crippen LogP contribution in [0.1, 0.15) is 90.1 Å². The normalized spacial score (nSPS) is 21.3. The third kappa shape index (κ3) is 8.61. The molecule has 3 fully saturated rings. The Balaban J connectivity index is 0.957. The summed E-state index contributed by atoms with van der Waals surface area (Å²) in [5.74, 6) is 0.931. The highest BCUT2D eigenvalue weighted by atomic mass is 16.5. The summed E-state index contributed by atoms with van der Waals surface area (Å²) in [4.78, 5) is 56.4. The van der Waals surface area contributed by atoms with E-state index in [0.29, 0.717) is 12.6 Å². The first-order chi connectivity index (χ1) is 27.1. The Morgan fingerprint density at radius 3 is 1.98 bits per heavy atom. The van der Waals surface area contributed by atoms with E-state index in [1.807, 2.05) is 31.1 Å². The van der Waals surface area contributed by atoms with Gasteiger partial charge in [0, 0.05) is 50.7 Å². The van der Waals surface area contributed by atoms with Gasteiger partial charge in [-0.25, -0.2) is 9.78 Å². The molecule has 0 saturated carbocycles. The van der Waals surface area contributed by atoms with Gasteiger partial charge >= 0.3 is 6.09 Å². The maximum absolute atomic E-state index is 13.9. The van der Waals surface area contributed by atoms with Crippen LogP contribution in [0, 0.1) is 11.8 Å². The molecule has 3 amide bonds. The molecule has 5 heterocycles. The second kappa shape index (κ2) is 17.5. The molecule has 4 aliphatic heterocycles. The number of methoxy groups -OCH3 is 1. The van der Waals surface area contributed by atoms with Crippen LogP contribution in [0.5, 0.6) is 0 Å². The zero-order chi connectivity index (χ0) is 39.3. The number of nitrogens with zero attached hydrogens (tertiary/aromatic N) is 4. The summed E-state index contributed by atoms with van der Waals surface area (Å²) in [5.41, 5.74) is 7.53. The van der Waals surface area contributed by atoms with Crippen molar-refractivity contribution in [2.75, 3.05) is 33.4 Å². The van der Waals surface area contributed by atoms with Gasteiger partial charge in [0.05, 0.1) is 37.1 Å². The van der Waals surface area contributed by atoms with E-state index in [9.17, 15) is 14.4 Å². The third-order valence-corrected chi connectivity index (χ3v) is 11.9. The number of benzene rings is 2. The minimum Gasteiger partial charge on any atom is -0.453 e. The fraction of sp³-hybridized carbons (Fsp3) is 0.523. The fourth-order valence-corrected chi connectivity index (χ4v) is 8.61. The molecule has 2 aromatic carbocycles. The lowest BCUT2D eigenvalue weighted by Crippen LogP contribution is -2.55. The van der Waals surface area contributed by atoms with Gasteiger partial charge in [-0.05, 0) is 78.2 Å². The van der Waals surface area contributed by atoms with Crippen LogP contribution in [0.4, 0.5) is 4.79 Å². The molecule has 4 atom stereocenters. The molecule has 0 radical (unpaired) electrons. The van der Waals surface area contributed by atoms with E-state index in [1.165, 1.54) is 12.7 Å². The number of nitrogens with one attached hydrogen (secondary N) is 3. The van der Waals surface area contributed by atoms with Crippen LogP contribution in [0.2, 0.25) is 0 Å². The first kappa shape index (κ1) is 39.4. The molecule has 4 aliphatic rings. The number of alkyl carbamates (subject to hydrolysis) is 1. The SMILES string of the molecule is COC(=O)N[C@H](C(=O)N1CCCC1c1ncc(-c2ccc(-c3ccc(C4=CN=C([C@@H]5CCCN5C(=O)[C@@H](NC5CCOCC5)C(C)C)C4)cc3)cc2)[nH]1)C(C)C. The molecule has 0 spiro atoms. The Bertz CT molecular complexity index is 1910. The molecule has 1 unspecified atom stereocenters. The van der Waals surface area contributed by atoms with Crippen LogP contribution in [-0.4, -0.2) is 101 Å². The van der Waals surface area contributed by atoms with E-state index in [0.717, 1.165) is 104 Å². The number of imidazole rings is 1. The standard InChI is InChI=1S/C44H57N7O5/c1-27(2)39(47-34-18-22-56-23-19-34)42(52)50-20-6-8-37(50)35-24-33(25-45-35)31-12-10-29(11-13-31)30-14-16-32(17-15-30)36-26-46-41(48-36)38-9-7-21-51(38)43(53)40(28(3)4)49-44(54)55-5/h10-17,25-28,34,37-40,47H,6-9,18-24H2,1-5H3,(H,46,48)(H,49,54)/t37-,38?,39-,40-/m0/s1. The van der Waals surface area contributed by atoms with Crippen LogP contribution < -0.4 is 10.6 Å². The van der Waals surface area contributed by atoms with Crippen LogP contribution in [-0.2, 0) is 19.1 Å². The van der Waals surface area contributed by atoms with Gasteiger partial charge in [0.2, 0.25) is 11.8 Å². The van der Waals surface area contributed by atoms with Gasteiger partial charge in [0.25, 0.3) is 0 Å². The second-order valence-electron chi connectivity index (χ2n) is 16.3. The monoisotopic (exact) mass is 763 g/mol. The van der Waals surface area contributed by atoms with Gasteiger partial charge in [-0.2, -0.15) is 0 Å². The first-order valence-electron chi connectivity index (χ1n) is 20.4. The highest BCUT2D eigenvalue weighted by molar-refractivity contribution is 6.03. The number of amides is 3. The summed E-state index contributed by atoms with van der Waals surface area (Å²) in [6, 6.07) is 16.4. The predicted molar refractivity (Wildman–Crippen MR) is 218 cm³/mol. The minimum absolute atomic E-state index is 0.0462. The zero-order valence-electron chi connectivity index (χ0n) is 33.4. The van der Waals surface area contributed by atoms with Crippen molar-refractivity contribution in [3.8, 4) is 22.4 Å². The molecule has 3 saturated heterocycles.